The van der Waals surface area contributed by atoms with Gasteiger partial charge in [0.15, 0.2) is 5.65 Å². The molecule has 0 bridgehead atoms. The molecule has 0 unspecified atom stereocenters. The smallest absolute Gasteiger partial charge is 0.199 e. The number of hydrogen-bond donors (Lipinski definition) is 1. The molecule has 0 spiro atoms. The summed E-state index contributed by atoms with van der Waals surface area (Å²) in [4.78, 5) is 11.3. The molecular formula is C14H19N5. The van der Waals surface area contributed by atoms with Crippen LogP contribution in [0.4, 0.5) is 0 Å². The van der Waals surface area contributed by atoms with Crippen molar-refractivity contribution in [3.05, 3.63) is 18.1 Å². The zero-order valence-corrected chi connectivity index (χ0v) is 11.0. The predicted molar refractivity (Wildman–Crippen MR) is 72.8 cm³/mol. The van der Waals surface area contributed by atoms with Crippen LogP contribution in [0, 0.1) is 5.92 Å². The van der Waals surface area contributed by atoms with Crippen LogP contribution in [0.3, 0.4) is 0 Å². The number of H-pyrrole nitrogens is 1. The summed E-state index contributed by atoms with van der Waals surface area (Å²) in [5.41, 5.74) is 2.89. The molecule has 100 valence electrons. The van der Waals surface area contributed by atoms with E-state index in [9.17, 15) is 0 Å². The lowest BCUT2D eigenvalue weighted by molar-refractivity contribution is 0.199. The number of aromatic nitrogens is 4. The van der Waals surface area contributed by atoms with Crippen molar-refractivity contribution in [3.8, 4) is 0 Å². The van der Waals surface area contributed by atoms with Crippen LogP contribution in [0.25, 0.3) is 11.2 Å². The van der Waals surface area contributed by atoms with Crippen molar-refractivity contribution in [2.75, 3.05) is 19.6 Å². The predicted octanol–water partition coefficient (Wildman–Crippen LogP) is 1.94. The summed E-state index contributed by atoms with van der Waals surface area (Å²) in [6.07, 6.45) is 8.83. The number of aromatic amines is 1. The molecule has 1 saturated carbocycles. The number of nitrogens with zero attached hydrogens (tertiary/aromatic N) is 4. The van der Waals surface area contributed by atoms with Crippen LogP contribution in [-0.4, -0.2) is 44.7 Å². The van der Waals surface area contributed by atoms with Crippen molar-refractivity contribution in [2.45, 2.75) is 31.6 Å². The lowest BCUT2D eigenvalue weighted by Gasteiger charge is -2.32. The van der Waals surface area contributed by atoms with Gasteiger partial charge in [-0.25, -0.2) is 9.97 Å². The molecule has 5 nitrogen and oxygen atoms in total. The molecule has 1 atom stereocenters. The van der Waals surface area contributed by atoms with Gasteiger partial charge in [0.25, 0.3) is 0 Å². The Morgan fingerprint density at radius 1 is 1.21 bits per heavy atom. The van der Waals surface area contributed by atoms with E-state index >= 15 is 0 Å². The molecule has 1 aliphatic heterocycles. The first-order valence-corrected chi connectivity index (χ1v) is 7.27. The lowest BCUT2D eigenvalue weighted by Crippen LogP contribution is -2.36. The quantitative estimate of drug-likeness (QED) is 0.913. The second kappa shape index (κ2) is 4.56. The molecule has 3 heterocycles. The zero-order chi connectivity index (χ0) is 12.7. The summed E-state index contributed by atoms with van der Waals surface area (Å²) in [7, 11) is 0. The minimum Gasteiger partial charge on any atom is -0.302 e. The molecule has 0 radical (unpaired) electrons. The first-order valence-electron chi connectivity index (χ1n) is 7.27. The topological polar surface area (TPSA) is 57.7 Å². The van der Waals surface area contributed by atoms with Gasteiger partial charge in [0.1, 0.15) is 5.52 Å². The number of hydrogen-bond acceptors (Lipinski definition) is 4. The van der Waals surface area contributed by atoms with Gasteiger partial charge in [-0.05, 0) is 38.1 Å². The minimum atomic E-state index is 0.536. The Morgan fingerprint density at radius 2 is 2.11 bits per heavy atom. The van der Waals surface area contributed by atoms with Crippen molar-refractivity contribution in [1.82, 2.24) is 25.1 Å². The van der Waals surface area contributed by atoms with E-state index in [0.29, 0.717) is 5.92 Å². The molecule has 0 aromatic carbocycles. The fourth-order valence-electron chi connectivity index (χ4n) is 3.18. The molecular weight excluding hydrogens is 238 g/mol. The van der Waals surface area contributed by atoms with Gasteiger partial charge >= 0.3 is 0 Å². The molecule has 2 fully saturated rings. The number of likely N-dealkylation sites (tertiary alicyclic amines) is 1. The van der Waals surface area contributed by atoms with Crippen molar-refractivity contribution in [1.29, 1.82) is 0 Å². The summed E-state index contributed by atoms with van der Waals surface area (Å²) in [6, 6.07) is 0. The standard InChI is InChI=1S/C14H19N5/c1-2-11(9-19(7-1)8-10-3-4-10)12-13-14(18-17-12)16-6-5-15-13/h5-6,10-11H,1-4,7-9H2,(H,16,17,18)/t11-/m1/s1. The van der Waals surface area contributed by atoms with Gasteiger partial charge in [0.2, 0.25) is 0 Å². The van der Waals surface area contributed by atoms with E-state index in [0.717, 1.165) is 23.6 Å². The van der Waals surface area contributed by atoms with Gasteiger partial charge in [0.05, 0.1) is 5.69 Å². The largest absolute Gasteiger partial charge is 0.302 e. The van der Waals surface area contributed by atoms with Crippen molar-refractivity contribution < 1.29 is 0 Å². The van der Waals surface area contributed by atoms with E-state index in [2.05, 4.69) is 25.1 Å². The molecule has 2 aliphatic rings. The van der Waals surface area contributed by atoms with E-state index in [1.54, 1.807) is 12.4 Å². The van der Waals surface area contributed by atoms with E-state index in [4.69, 9.17) is 0 Å². The first-order chi connectivity index (χ1) is 9.40. The molecule has 4 rings (SSSR count). The van der Waals surface area contributed by atoms with Gasteiger partial charge < -0.3 is 4.90 Å². The summed E-state index contributed by atoms with van der Waals surface area (Å²) in [5.74, 6) is 1.51. The van der Waals surface area contributed by atoms with Gasteiger partial charge in [-0.1, -0.05) is 0 Å². The van der Waals surface area contributed by atoms with Gasteiger partial charge in [-0.3, -0.25) is 5.10 Å². The van der Waals surface area contributed by atoms with Gasteiger partial charge in [-0.15, -0.1) is 0 Å². The van der Waals surface area contributed by atoms with Gasteiger partial charge in [0, 0.05) is 31.4 Å². The van der Waals surface area contributed by atoms with Crippen LogP contribution < -0.4 is 0 Å². The molecule has 1 aliphatic carbocycles. The Kier molecular flexibility index (Phi) is 2.72. The fraction of sp³-hybridized carbons (Fsp3) is 0.643. The van der Waals surface area contributed by atoms with Gasteiger partial charge in [-0.2, -0.15) is 5.10 Å². The molecule has 5 heteroatoms. The Hall–Kier alpha value is -1.49. The molecule has 19 heavy (non-hydrogen) atoms. The highest BCUT2D eigenvalue weighted by atomic mass is 15.2. The number of nitrogens with one attached hydrogen (secondary N) is 1. The summed E-state index contributed by atoms with van der Waals surface area (Å²) in [5, 5.41) is 7.45. The third-order valence-corrected chi connectivity index (χ3v) is 4.34. The van der Waals surface area contributed by atoms with Crippen LogP contribution >= 0.6 is 0 Å². The lowest BCUT2D eigenvalue weighted by atomic mass is 9.94. The fourth-order valence-corrected chi connectivity index (χ4v) is 3.18. The summed E-state index contributed by atoms with van der Waals surface area (Å²) >= 11 is 0. The zero-order valence-electron chi connectivity index (χ0n) is 11.0. The second-order valence-corrected chi connectivity index (χ2v) is 5.91. The maximum atomic E-state index is 4.44. The highest BCUT2D eigenvalue weighted by Gasteiger charge is 2.29. The number of fused-ring (bicyclic) bond motifs is 1. The van der Waals surface area contributed by atoms with E-state index in [1.807, 2.05) is 0 Å². The molecule has 1 N–H and O–H groups in total. The van der Waals surface area contributed by atoms with Crippen LogP contribution in [0.15, 0.2) is 12.4 Å². The molecule has 2 aromatic rings. The maximum absolute atomic E-state index is 4.44. The molecule has 2 aromatic heterocycles. The number of piperidine rings is 1. The van der Waals surface area contributed by atoms with Crippen molar-refractivity contribution >= 4 is 11.2 Å². The van der Waals surface area contributed by atoms with Crippen LogP contribution in [0.5, 0.6) is 0 Å². The van der Waals surface area contributed by atoms with Crippen molar-refractivity contribution in [3.63, 3.8) is 0 Å². The van der Waals surface area contributed by atoms with Crippen LogP contribution in [0.2, 0.25) is 0 Å². The van der Waals surface area contributed by atoms with E-state index in [1.165, 1.54) is 44.5 Å². The maximum Gasteiger partial charge on any atom is 0.199 e. The highest BCUT2D eigenvalue weighted by Crippen LogP contribution is 2.33. The SMILES string of the molecule is c1cnc2c([C@@H]3CCCN(CC4CC4)C3)[nH]nc2n1. The normalized spacial score (nSPS) is 24.9. The Bertz CT molecular complexity index is 574. The number of rotatable bonds is 3. The average molecular weight is 257 g/mol. The van der Waals surface area contributed by atoms with Crippen molar-refractivity contribution in [2.24, 2.45) is 5.92 Å². The third-order valence-electron chi connectivity index (χ3n) is 4.34. The van der Waals surface area contributed by atoms with Crippen LogP contribution in [-0.2, 0) is 0 Å². The Labute approximate surface area is 112 Å². The van der Waals surface area contributed by atoms with E-state index in [-0.39, 0.29) is 0 Å². The first kappa shape index (κ1) is 11.3. The molecule has 0 amide bonds. The minimum absolute atomic E-state index is 0.536. The van der Waals surface area contributed by atoms with Crippen LogP contribution in [0.1, 0.15) is 37.3 Å². The monoisotopic (exact) mass is 257 g/mol. The third kappa shape index (κ3) is 2.23. The summed E-state index contributed by atoms with van der Waals surface area (Å²) < 4.78 is 0. The average Bonchev–Trinajstić information content (AvgIpc) is 3.16. The van der Waals surface area contributed by atoms with E-state index < -0.39 is 0 Å². The summed E-state index contributed by atoms with van der Waals surface area (Å²) in [6.45, 7) is 3.68. The highest BCUT2D eigenvalue weighted by molar-refractivity contribution is 5.72. The second-order valence-electron chi connectivity index (χ2n) is 5.91. The Morgan fingerprint density at radius 3 is 3.00 bits per heavy atom. The molecule has 1 saturated heterocycles. The Balaban J connectivity index is 1.56.